The van der Waals surface area contributed by atoms with Gasteiger partial charge in [-0.15, -0.1) is 0 Å². The lowest BCUT2D eigenvalue weighted by atomic mass is 10.1. The molecule has 7 heteroatoms. The minimum absolute atomic E-state index is 0.169. The van der Waals surface area contributed by atoms with Crippen molar-refractivity contribution in [3.8, 4) is 5.75 Å². The smallest absolute Gasteiger partial charge is 0.265 e. The molecule has 1 unspecified atom stereocenters. The zero-order valence-electron chi connectivity index (χ0n) is 13.9. The van der Waals surface area contributed by atoms with E-state index in [1.807, 2.05) is 24.3 Å². The van der Waals surface area contributed by atoms with Crippen LogP contribution in [-0.2, 0) is 14.8 Å². The Kier molecular flexibility index (Phi) is 3.81. The molecule has 0 aliphatic carbocycles. The van der Waals surface area contributed by atoms with Crippen LogP contribution in [0.25, 0.3) is 10.8 Å². The molecule has 1 amide bonds. The number of anilines is 2. The maximum absolute atomic E-state index is 12.7. The molecule has 4 rings (SSSR count). The van der Waals surface area contributed by atoms with E-state index in [0.717, 1.165) is 10.8 Å². The highest BCUT2D eigenvalue weighted by Gasteiger charge is 2.24. The van der Waals surface area contributed by atoms with E-state index < -0.39 is 16.1 Å². The summed E-state index contributed by atoms with van der Waals surface area (Å²) in [5.41, 5.74) is 0.780. The molecule has 2 N–H and O–H groups in total. The predicted molar refractivity (Wildman–Crippen MR) is 99.9 cm³/mol. The number of carbonyl (C=O) groups is 1. The lowest BCUT2D eigenvalue weighted by molar-refractivity contribution is -0.122. The van der Waals surface area contributed by atoms with E-state index in [4.69, 9.17) is 4.74 Å². The van der Waals surface area contributed by atoms with E-state index in [1.165, 1.54) is 6.07 Å². The highest BCUT2D eigenvalue weighted by molar-refractivity contribution is 7.92. The van der Waals surface area contributed by atoms with Crippen molar-refractivity contribution in [3.63, 3.8) is 0 Å². The Morgan fingerprint density at radius 3 is 2.58 bits per heavy atom. The predicted octanol–water partition coefficient (Wildman–Crippen LogP) is 3.36. The van der Waals surface area contributed by atoms with E-state index in [2.05, 4.69) is 10.0 Å². The van der Waals surface area contributed by atoms with Crippen LogP contribution in [0.1, 0.15) is 6.92 Å². The Bertz CT molecular complexity index is 1130. The third-order valence-corrected chi connectivity index (χ3v) is 5.57. The minimum atomic E-state index is -3.76. The topological polar surface area (TPSA) is 84.5 Å². The van der Waals surface area contributed by atoms with Crippen molar-refractivity contribution in [2.24, 2.45) is 0 Å². The molecule has 0 saturated heterocycles. The third kappa shape index (κ3) is 2.97. The van der Waals surface area contributed by atoms with Gasteiger partial charge < -0.3 is 10.1 Å². The van der Waals surface area contributed by atoms with Crippen molar-refractivity contribution in [2.75, 3.05) is 10.0 Å². The molecule has 0 saturated carbocycles. The lowest BCUT2D eigenvalue weighted by Crippen LogP contribution is -2.34. The van der Waals surface area contributed by atoms with Gasteiger partial charge in [0.05, 0.1) is 16.3 Å². The molecule has 1 aliphatic heterocycles. The minimum Gasteiger partial charge on any atom is -0.479 e. The van der Waals surface area contributed by atoms with E-state index in [9.17, 15) is 13.2 Å². The van der Waals surface area contributed by atoms with Gasteiger partial charge in [0.2, 0.25) is 0 Å². The Balaban J connectivity index is 1.65. The van der Waals surface area contributed by atoms with Crippen LogP contribution in [-0.4, -0.2) is 20.4 Å². The fourth-order valence-corrected chi connectivity index (χ4v) is 3.91. The van der Waals surface area contributed by atoms with Gasteiger partial charge in [0.25, 0.3) is 15.9 Å². The Morgan fingerprint density at radius 1 is 1.00 bits per heavy atom. The van der Waals surface area contributed by atoms with Crippen LogP contribution in [0.15, 0.2) is 65.6 Å². The van der Waals surface area contributed by atoms with Gasteiger partial charge >= 0.3 is 0 Å². The van der Waals surface area contributed by atoms with Crippen molar-refractivity contribution in [3.05, 3.63) is 60.7 Å². The van der Waals surface area contributed by atoms with Gasteiger partial charge in [-0.3, -0.25) is 9.52 Å². The van der Waals surface area contributed by atoms with E-state index in [-0.39, 0.29) is 10.8 Å². The van der Waals surface area contributed by atoms with Gasteiger partial charge in [-0.2, -0.15) is 0 Å². The number of hydrogen-bond donors (Lipinski definition) is 2. The molecule has 1 aliphatic rings. The van der Waals surface area contributed by atoms with Crippen molar-refractivity contribution < 1.29 is 17.9 Å². The second-order valence-electron chi connectivity index (χ2n) is 6.07. The second-order valence-corrected chi connectivity index (χ2v) is 7.76. The normalized spacial score (nSPS) is 16.5. The van der Waals surface area contributed by atoms with Crippen molar-refractivity contribution >= 4 is 38.1 Å². The van der Waals surface area contributed by atoms with Crippen molar-refractivity contribution in [1.29, 1.82) is 0 Å². The monoisotopic (exact) mass is 368 g/mol. The summed E-state index contributed by atoms with van der Waals surface area (Å²) in [7, 11) is -3.76. The fraction of sp³-hybridized carbons (Fsp3) is 0.105. The van der Waals surface area contributed by atoms with Crippen LogP contribution in [0.3, 0.4) is 0 Å². The van der Waals surface area contributed by atoms with Crippen LogP contribution >= 0.6 is 0 Å². The highest BCUT2D eigenvalue weighted by atomic mass is 32.2. The Hall–Kier alpha value is -3.06. The first kappa shape index (κ1) is 16.4. The molecule has 1 atom stereocenters. The largest absolute Gasteiger partial charge is 0.479 e. The molecule has 6 nitrogen and oxygen atoms in total. The molecule has 3 aromatic rings. The van der Waals surface area contributed by atoms with Gasteiger partial charge in [0, 0.05) is 0 Å². The Labute approximate surface area is 150 Å². The number of nitrogens with one attached hydrogen (secondary N) is 2. The van der Waals surface area contributed by atoms with Crippen molar-refractivity contribution in [2.45, 2.75) is 17.9 Å². The third-order valence-electron chi connectivity index (χ3n) is 4.19. The first-order valence-corrected chi connectivity index (χ1v) is 9.54. The molecular formula is C19H16N2O4S. The molecule has 0 radical (unpaired) electrons. The lowest BCUT2D eigenvalue weighted by Gasteiger charge is -2.23. The molecule has 3 aromatic carbocycles. The second kappa shape index (κ2) is 6.03. The van der Waals surface area contributed by atoms with Gasteiger partial charge in [-0.1, -0.05) is 30.3 Å². The standard InChI is InChI=1S/C19H16N2O4S/c1-12-19(22)20-17-11-15(7-9-18(17)25-12)21-26(23,24)16-8-6-13-4-2-3-5-14(13)10-16/h2-12,21H,1H3,(H,20,22). The maximum atomic E-state index is 12.7. The molecule has 0 bridgehead atoms. The number of rotatable bonds is 3. The summed E-state index contributed by atoms with van der Waals surface area (Å²) in [4.78, 5) is 11.9. The summed E-state index contributed by atoms with van der Waals surface area (Å²) >= 11 is 0. The number of sulfonamides is 1. The fourth-order valence-electron chi connectivity index (χ4n) is 2.82. The summed E-state index contributed by atoms with van der Waals surface area (Å²) in [5, 5.41) is 4.51. The maximum Gasteiger partial charge on any atom is 0.265 e. The number of fused-ring (bicyclic) bond motifs is 2. The number of hydrogen-bond acceptors (Lipinski definition) is 4. The summed E-state index contributed by atoms with van der Waals surface area (Å²) < 4.78 is 33.4. The zero-order valence-corrected chi connectivity index (χ0v) is 14.7. The summed E-state index contributed by atoms with van der Waals surface area (Å²) in [5.74, 6) is 0.234. The van der Waals surface area contributed by atoms with Crippen LogP contribution in [0, 0.1) is 0 Å². The van der Waals surface area contributed by atoms with Crippen LogP contribution in [0.2, 0.25) is 0 Å². The van der Waals surface area contributed by atoms with Gasteiger partial charge in [0.15, 0.2) is 6.10 Å². The number of amides is 1. The summed E-state index contributed by atoms with van der Waals surface area (Å²) in [6, 6.07) is 17.3. The summed E-state index contributed by atoms with van der Waals surface area (Å²) in [6.07, 6.45) is -0.581. The highest BCUT2D eigenvalue weighted by Crippen LogP contribution is 2.33. The number of ether oxygens (including phenoxy) is 1. The molecule has 0 fully saturated rings. The van der Waals surface area contributed by atoms with E-state index in [0.29, 0.717) is 17.1 Å². The van der Waals surface area contributed by atoms with Gasteiger partial charge in [-0.05, 0) is 48.0 Å². The van der Waals surface area contributed by atoms with Gasteiger partial charge in [-0.25, -0.2) is 8.42 Å². The molecule has 0 aromatic heterocycles. The van der Waals surface area contributed by atoms with Crippen LogP contribution < -0.4 is 14.8 Å². The van der Waals surface area contributed by atoms with E-state index in [1.54, 1.807) is 37.3 Å². The van der Waals surface area contributed by atoms with E-state index >= 15 is 0 Å². The molecule has 26 heavy (non-hydrogen) atoms. The van der Waals surface area contributed by atoms with Crippen LogP contribution in [0.4, 0.5) is 11.4 Å². The quantitative estimate of drug-likeness (QED) is 0.742. The number of benzene rings is 3. The Morgan fingerprint density at radius 2 is 1.77 bits per heavy atom. The SMILES string of the molecule is CC1Oc2ccc(NS(=O)(=O)c3ccc4ccccc4c3)cc2NC1=O. The van der Waals surface area contributed by atoms with Crippen molar-refractivity contribution in [1.82, 2.24) is 0 Å². The zero-order chi connectivity index (χ0) is 18.3. The molecule has 132 valence electrons. The first-order valence-electron chi connectivity index (χ1n) is 8.05. The molecule has 0 spiro atoms. The van der Waals surface area contributed by atoms with Gasteiger partial charge in [0.1, 0.15) is 5.75 Å². The average molecular weight is 368 g/mol. The molecular weight excluding hydrogens is 352 g/mol. The average Bonchev–Trinajstić information content (AvgIpc) is 2.62. The first-order chi connectivity index (χ1) is 12.4. The summed E-state index contributed by atoms with van der Waals surface area (Å²) in [6.45, 7) is 1.65. The van der Waals surface area contributed by atoms with Crippen LogP contribution in [0.5, 0.6) is 5.75 Å². The number of carbonyl (C=O) groups excluding carboxylic acids is 1. The molecule has 1 heterocycles.